The number of fused-ring (bicyclic) bond motifs is 1. The van der Waals surface area contributed by atoms with Gasteiger partial charge in [-0.3, -0.25) is 14.6 Å². The SMILES string of the molecule is CN1CCOc2ccc(/C(O)=C3\C(=O)C(=O)N(Cc4ccncc4)C3c3ccccc3F)cc21. The second-order valence-electron chi connectivity index (χ2n) is 8.26. The zero-order chi connectivity index (χ0) is 23.8. The number of hydrogen-bond acceptors (Lipinski definition) is 6. The van der Waals surface area contributed by atoms with E-state index in [-0.39, 0.29) is 23.4 Å². The van der Waals surface area contributed by atoms with Crippen molar-refractivity contribution in [2.24, 2.45) is 0 Å². The molecule has 1 fully saturated rings. The molecule has 3 aromatic rings. The third kappa shape index (κ3) is 3.67. The topological polar surface area (TPSA) is 83.0 Å². The Balaban J connectivity index is 1.66. The van der Waals surface area contributed by atoms with E-state index in [1.807, 2.05) is 11.9 Å². The number of pyridine rings is 1. The molecule has 2 aromatic carbocycles. The van der Waals surface area contributed by atoms with Crippen LogP contribution in [0.2, 0.25) is 0 Å². The predicted molar refractivity (Wildman–Crippen MR) is 124 cm³/mol. The standard InChI is InChI=1S/C26H22FN3O4/c1-29-12-13-34-21-7-6-17(14-20(21)29)24(31)22-23(18-4-2-3-5-19(18)27)30(26(33)25(22)32)15-16-8-10-28-11-9-16/h2-11,14,23,31H,12-13,15H2,1H3/b24-22+. The summed E-state index contributed by atoms with van der Waals surface area (Å²) < 4.78 is 20.6. The molecule has 2 aliphatic rings. The number of anilines is 1. The summed E-state index contributed by atoms with van der Waals surface area (Å²) in [5, 5.41) is 11.3. The van der Waals surface area contributed by atoms with E-state index in [1.165, 1.54) is 23.1 Å². The summed E-state index contributed by atoms with van der Waals surface area (Å²) in [4.78, 5) is 33.5. The van der Waals surface area contributed by atoms with Gasteiger partial charge in [-0.2, -0.15) is 0 Å². The fourth-order valence-corrected chi connectivity index (χ4v) is 4.40. The number of likely N-dealkylation sites (tertiary alicyclic amines) is 1. The summed E-state index contributed by atoms with van der Waals surface area (Å²) in [7, 11) is 1.90. The van der Waals surface area contributed by atoms with Gasteiger partial charge in [0.1, 0.15) is 23.9 Å². The summed E-state index contributed by atoms with van der Waals surface area (Å²) in [5.41, 5.74) is 1.81. The van der Waals surface area contributed by atoms with E-state index < -0.39 is 23.5 Å². The van der Waals surface area contributed by atoms with Crippen molar-refractivity contribution in [2.75, 3.05) is 25.1 Å². The van der Waals surface area contributed by atoms with E-state index >= 15 is 0 Å². The molecule has 0 radical (unpaired) electrons. The average molecular weight is 459 g/mol. The van der Waals surface area contributed by atoms with Crippen molar-refractivity contribution in [3.05, 3.63) is 95.1 Å². The van der Waals surface area contributed by atoms with Crippen LogP contribution < -0.4 is 9.64 Å². The molecule has 0 spiro atoms. The number of carbonyl (C=O) groups excluding carboxylic acids is 2. The van der Waals surface area contributed by atoms with Gasteiger partial charge in [0.05, 0.1) is 23.8 Å². The van der Waals surface area contributed by atoms with Crippen LogP contribution in [0.3, 0.4) is 0 Å². The molecule has 3 heterocycles. The molecule has 1 amide bonds. The molecule has 1 N–H and O–H groups in total. The molecular weight excluding hydrogens is 437 g/mol. The highest BCUT2D eigenvalue weighted by Crippen LogP contribution is 2.42. The molecule has 1 atom stereocenters. The zero-order valence-electron chi connectivity index (χ0n) is 18.4. The number of benzene rings is 2. The average Bonchev–Trinajstić information content (AvgIpc) is 3.09. The van der Waals surface area contributed by atoms with Crippen molar-refractivity contribution >= 4 is 23.1 Å². The first-order valence-corrected chi connectivity index (χ1v) is 10.9. The number of hydrogen-bond donors (Lipinski definition) is 1. The van der Waals surface area contributed by atoms with Crippen molar-refractivity contribution in [3.63, 3.8) is 0 Å². The Morgan fingerprint density at radius 2 is 1.91 bits per heavy atom. The monoisotopic (exact) mass is 459 g/mol. The van der Waals surface area contributed by atoms with Gasteiger partial charge >= 0.3 is 0 Å². The first-order valence-electron chi connectivity index (χ1n) is 10.9. The Labute approximate surface area is 195 Å². The van der Waals surface area contributed by atoms with Crippen molar-refractivity contribution in [3.8, 4) is 5.75 Å². The number of aliphatic hydroxyl groups excluding tert-OH is 1. The largest absolute Gasteiger partial charge is 0.507 e. The summed E-state index contributed by atoms with van der Waals surface area (Å²) in [5.74, 6) is -1.93. The number of aromatic nitrogens is 1. The van der Waals surface area contributed by atoms with Crippen molar-refractivity contribution in [1.82, 2.24) is 9.88 Å². The number of amides is 1. The minimum Gasteiger partial charge on any atom is -0.507 e. The van der Waals surface area contributed by atoms with Crippen LogP contribution >= 0.6 is 0 Å². The van der Waals surface area contributed by atoms with E-state index in [0.717, 1.165) is 11.3 Å². The van der Waals surface area contributed by atoms with Crippen LogP contribution in [-0.2, 0) is 16.1 Å². The van der Waals surface area contributed by atoms with E-state index in [0.29, 0.717) is 24.5 Å². The van der Waals surface area contributed by atoms with Gasteiger partial charge in [0.25, 0.3) is 11.7 Å². The van der Waals surface area contributed by atoms with Gasteiger partial charge in [0, 0.05) is 37.1 Å². The Hall–Kier alpha value is -4.20. The maximum absolute atomic E-state index is 14.9. The Kier molecular flexibility index (Phi) is 5.49. The minimum atomic E-state index is -1.08. The van der Waals surface area contributed by atoms with Gasteiger partial charge in [0.2, 0.25) is 0 Å². The minimum absolute atomic E-state index is 0.0592. The summed E-state index contributed by atoms with van der Waals surface area (Å²) in [6.45, 7) is 1.27. The van der Waals surface area contributed by atoms with Crippen LogP contribution in [0.25, 0.3) is 5.76 Å². The van der Waals surface area contributed by atoms with Crippen LogP contribution in [0.15, 0.2) is 72.6 Å². The Morgan fingerprint density at radius 3 is 2.68 bits per heavy atom. The van der Waals surface area contributed by atoms with Crippen molar-refractivity contribution in [1.29, 1.82) is 0 Å². The quantitative estimate of drug-likeness (QED) is 0.364. The molecular formula is C26H22FN3O4. The lowest BCUT2D eigenvalue weighted by atomic mass is 9.94. The number of nitrogens with zero attached hydrogens (tertiary/aromatic N) is 3. The highest BCUT2D eigenvalue weighted by Gasteiger charge is 2.47. The van der Waals surface area contributed by atoms with E-state index in [1.54, 1.807) is 48.8 Å². The molecule has 2 aliphatic heterocycles. The lowest BCUT2D eigenvalue weighted by molar-refractivity contribution is -0.140. The molecule has 1 aromatic heterocycles. The molecule has 8 heteroatoms. The molecule has 5 rings (SSSR count). The number of carbonyl (C=O) groups is 2. The first kappa shape index (κ1) is 21.6. The zero-order valence-corrected chi connectivity index (χ0v) is 18.4. The summed E-state index contributed by atoms with van der Waals surface area (Å²) in [6.07, 6.45) is 3.16. The summed E-state index contributed by atoms with van der Waals surface area (Å²) in [6, 6.07) is 13.4. The molecule has 7 nitrogen and oxygen atoms in total. The lowest BCUT2D eigenvalue weighted by Crippen LogP contribution is -2.29. The van der Waals surface area contributed by atoms with Gasteiger partial charge < -0.3 is 19.6 Å². The molecule has 1 unspecified atom stereocenters. The molecule has 0 aliphatic carbocycles. The molecule has 34 heavy (non-hydrogen) atoms. The van der Waals surface area contributed by atoms with E-state index in [9.17, 15) is 19.1 Å². The van der Waals surface area contributed by atoms with Gasteiger partial charge in [0.15, 0.2) is 0 Å². The lowest BCUT2D eigenvalue weighted by Gasteiger charge is -2.28. The smallest absolute Gasteiger partial charge is 0.295 e. The molecule has 0 bridgehead atoms. The Morgan fingerprint density at radius 1 is 1.15 bits per heavy atom. The second-order valence-corrected chi connectivity index (χ2v) is 8.26. The maximum atomic E-state index is 14.9. The van der Waals surface area contributed by atoms with Gasteiger partial charge in [-0.25, -0.2) is 4.39 Å². The van der Waals surface area contributed by atoms with Crippen LogP contribution in [-0.4, -0.2) is 46.9 Å². The van der Waals surface area contributed by atoms with E-state index in [2.05, 4.69) is 4.98 Å². The van der Waals surface area contributed by atoms with Gasteiger partial charge in [-0.05, 0) is 42.0 Å². The number of likely N-dealkylation sites (N-methyl/N-ethyl adjacent to an activating group) is 1. The highest BCUT2D eigenvalue weighted by atomic mass is 19.1. The third-order valence-corrected chi connectivity index (χ3v) is 6.17. The van der Waals surface area contributed by atoms with Crippen LogP contribution in [0.4, 0.5) is 10.1 Å². The summed E-state index contributed by atoms with van der Waals surface area (Å²) >= 11 is 0. The van der Waals surface area contributed by atoms with Crippen LogP contribution in [0.5, 0.6) is 5.75 Å². The molecule has 0 saturated carbocycles. The fourth-order valence-electron chi connectivity index (χ4n) is 4.40. The fraction of sp³-hybridized carbons (Fsp3) is 0.192. The second kappa shape index (κ2) is 8.62. The van der Waals surface area contributed by atoms with Crippen molar-refractivity contribution < 1.29 is 23.8 Å². The van der Waals surface area contributed by atoms with Gasteiger partial charge in [-0.15, -0.1) is 0 Å². The number of ether oxygens (including phenoxy) is 1. The third-order valence-electron chi connectivity index (χ3n) is 6.17. The van der Waals surface area contributed by atoms with E-state index in [4.69, 9.17) is 4.74 Å². The van der Waals surface area contributed by atoms with Gasteiger partial charge in [-0.1, -0.05) is 18.2 Å². The van der Waals surface area contributed by atoms with Crippen LogP contribution in [0.1, 0.15) is 22.7 Å². The molecule has 1 saturated heterocycles. The number of rotatable bonds is 4. The van der Waals surface area contributed by atoms with Crippen molar-refractivity contribution in [2.45, 2.75) is 12.6 Å². The number of aliphatic hydroxyl groups is 1. The predicted octanol–water partition coefficient (Wildman–Crippen LogP) is 3.67. The number of Topliss-reactive ketones (excluding diaryl/α,β-unsaturated/α-hetero) is 1. The van der Waals surface area contributed by atoms with Crippen LogP contribution in [0, 0.1) is 5.82 Å². The molecule has 172 valence electrons. The number of halogens is 1. The normalized spacial score (nSPS) is 19.2. The highest BCUT2D eigenvalue weighted by molar-refractivity contribution is 6.46. The maximum Gasteiger partial charge on any atom is 0.295 e. The first-order chi connectivity index (χ1) is 16.5. The number of ketones is 1. The Bertz CT molecular complexity index is 1310.